The average molecular weight is 415 g/mol. The molecule has 0 radical (unpaired) electrons. The predicted molar refractivity (Wildman–Crippen MR) is 118 cm³/mol. The van der Waals surface area contributed by atoms with Crippen molar-refractivity contribution >= 4 is 34.7 Å². The molecule has 0 fully saturated rings. The minimum Gasteiger partial charge on any atom is -0.493 e. The number of hydrogen-bond acceptors (Lipinski definition) is 6. The maximum Gasteiger partial charge on any atom is 0.363 e. The summed E-state index contributed by atoms with van der Waals surface area (Å²) in [6, 6.07) is 18.7. The molecule has 4 rings (SSSR count). The third kappa shape index (κ3) is 4.33. The molecule has 0 bridgehead atoms. The molecule has 0 atom stereocenters. The number of carbonyl (C=O) groups excluding carboxylic acids is 2. The first kappa shape index (κ1) is 20.3. The summed E-state index contributed by atoms with van der Waals surface area (Å²) in [6.45, 7) is 3.51. The molecule has 6 heteroatoms. The van der Waals surface area contributed by atoms with Gasteiger partial charge in [0.05, 0.1) is 13.0 Å². The summed E-state index contributed by atoms with van der Waals surface area (Å²) in [5, 5.41) is 2.13. The van der Waals surface area contributed by atoms with Crippen LogP contribution in [0.25, 0.3) is 16.8 Å². The lowest BCUT2D eigenvalue weighted by atomic mass is 10.1. The molecule has 0 saturated carbocycles. The van der Waals surface area contributed by atoms with Gasteiger partial charge in [0, 0.05) is 5.56 Å². The van der Waals surface area contributed by atoms with Gasteiger partial charge < -0.3 is 14.2 Å². The number of methoxy groups -OCH3 is 1. The second-order valence-corrected chi connectivity index (χ2v) is 7.38. The number of rotatable bonds is 5. The summed E-state index contributed by atoms with van der Waals surface area (Å²) in [7, 11) is 1.48. The standard InChI is InChI=1S/C25H21NO5/c1-15(2)24(27)30-21-11-8-16(13-22(21)29-3)12-20-25(28)31-23(26-20)19-10-9-17-6-4-5-7-18(17)14-19/h4-15H,1-3H3/b20-12-. The van der Waals surface area contributed by atoms with Crippen molar-refractivity contribution in [2.75, 3.05) is 7.11 Å². The van der Waals surface area contributed by atoms with Crippen molar-refractivity contribution < 1.29 is 23.8 Å². The highest BCUT2D eigenvalue weighted by Gasteiger charge is 2.24. The van der Waals surface area contributed by atoms with Crippen molar-refractivity contribution in [2.45, 2.75) is 13.8 Å². The van der Waals surface area contributed by atoms with Gasteiger partial charge >= 0.3 is 11.9 Å². The highest BCUT2D eigenvalue weighted by Crippen LogP contribution is 2.30. The fourth-order valence-electron chi connectivity index (χ4n) is 3.10. The minimum absolute atomic E-state index is 0.178. The lowest BCUT2D eigenvalue weighted by Gasteiger charge is -2.11. The van der Waals surface area contributed by atoms with Gasteiger partial charge in [0.2, 0.25) is 5.90 Å². The number of aliphatic imine (C=N–C) groups is 1. The van der Waals surface area contributed by atoms with Gasteiger partial charge in [-0.3, -0.25) is 4.79 Å². The van der Waals surface area contributed by atoms with Gasteiger partial charge in [-0.2, -0.15) is 0 Å². The van der Waals surface area contributed by atoms with Gasteiger partial charge in [-0.25, -0.2) is 9.79 Å². The number of esters is 2. The molecule has 0 saturated heterocycles. The molecule has 0 aromatic heterocycles. The van der Waals surface area contributed by atoms with E-state index in [0.29, 0.717) is 17.1 Å². The van der Waals surface area contributed by atoms with Crippen LogP contribution in [-0.2, 0) is 14.3 Å². The fraction of sp³-hybridized carbons (Fsp3) is 0.160. The summed E-state index contributed by atoms with van der Waals surface area (Å²) in [6.07, 6.45) is 1.60. The van der Waals surface area contributed by atoms with E-state index < -0.39 is 5.97 Å². The second-order valence-electron chi connectivity index (χ2n) is 7.38. The van der Waals surface area contributed by atoms with Crippen LogP contribution in [0.1, 0.15) is 25.0 Å². The van der Waals surface area contributed by atoms with Crippen LogP contribution >= 0.6 is 0 Å². The number of carbonyl (C=O) groups is 2. The number of hydrogen-bond donors (Lipinski definition) is 0. The largest absolute Gasteiger partial charge is 0.493 e. The predicted octanol–water partition coefficient (Wildman–Crippen LogP) is 4.75. The van der Waals surface area contributed by atoms with Gasteiger partial charge in [-0.05, 0) is 46.7 Å². The maximum absolute atomic E-state index is 12.4. The molecule has 1 aliphatic heterocycles. The third-order valence-corrected chi connectivity index (χ3v) is 4.79. The van der Waals surface area contributed by atoms with Crippen LogP contribution in [0.5, 0.6) is 11.5 Å². The Morgan fingerprint density at radius 3 is 2.52 bits per heavy atom. The van der Waals surface area contributed by atoms with E-state index >= 15 is 0 Å². The van der Waals surface area contributed by atoms with Gasteiger partial charge in [0.1, 0.15) is 0 Å². The quantitative estimate of drug-likeness (QED) is 0.341. The molecule has 0 N–H and O–H groups in total. The second kappa shape index (κ2) is 8.44. The molecule has 6 nitrogen and oxygen atoms in total. The Morgan fingerprint density at radius 2 is 1.77 bits per heavy atom. The van der Waals surface area contributed by atoms with E-state index in [0.717, 1.165) is 16.3 Å². The van der Waals surface area contributed by atoms with Crippen LogP contribution < -0.4 is 9.47 Å². The fourth-order valence-corrected chi connectivity index (χ4v) is 3.10. The SMILES string of the molecule is COc1cc(/C=C2\N=C(c3ccc4ccccc4c3)OC2=O)ccc1OC(=O)C(C)C. The lowest BCUT2D eigenvalue weighted by Crippen LogP contribution is -2.15. The van der Waals surface area contributed by atoms with Gasteiger partial charge in [-0.1, -0.05) is 50.2 Å². The molecule has 0 aliphatic carbocycles. The topological polar surface area (TPSA) is 74.2 Å². The van der Waals surface area contributed by atoms with Gasteiger partial charge in [-0.15, -0.1) is 0 Å². The van der Waals surface area contributed by atoms with E-state index in [1.165, 1.54) is 7.11 Å². The van der Waals surface area contributed by atoms with E-state index in [1.54, 1.807) is 38.1 Å². The van der Waals surface area contributed by atoms with Crippen molar-refractivity contribution in [3.05, 3.63) is 77.5 Å². The van der Waals surface area contributed by atoms with E-state index in [2.05, 4.69) is 4.99 Å². The smallest absolute Gasteiger partial charge is 0.363 e. The summed E-state index contributed by atoms with van der Waals surface area (Å²) in [4.78, 5) is 28.6. The van der Waals surface area contributed by atoms with Crippen molar-refractivity contribution in [3.8, 4) is 11.5 Å². The molecule has 1 heterocycles. The van der Waals surface area contributed by atoms with Crippen LogP contribution in [-0.4, -0.2) is 24.9 Å². The van der Waals surface area contributed by atoms with E-state index in [4.69, 9.17) is 14.2 Å². The Kier molecular flexibility index (Phi) is 5.54. The Morgan fingerprint density at radius 1 is 1.00 bits per heavy atom. The first-order valence-corrected chi connectivity index (χ1v) is 9.86. The highest BCUT2D eigenvalue weighted by molar-refractivity contribution is 6.13. The normalized spacial score (nSPS) is 14.6. The highest BCUT2D eigenvalue weighted by atomic mass is 16.6. The molecule has 1 aliphatic rings. The maximum atomic E-state index is 12.4. The van der Waals surface area contributed by atoms with Gasteiger partial charge in [0.25, 0.3) is 0 Å². The zero-order valence-corrected chi connectivity index (χ0v) is 17.4. The van der Waals surface area contributed by atoms with Crippen molar-refractivity contribution in [1.29, 1.82) is 0 Å². The number of benzene rings is 3. The molecule has 0 spiro atoms. The molecule has 0 unspecified atom stereocenters. The van der Waals surface area contributed by atoms with Crippen LogP contribution in [0.4, 0.5) is 0 Å². The van der Waals surface area contributed by atoms with E-state index in [9.17, 15) is 9.59 Å². The molecule has 31 heavy (non-hydrogen) atoms. The Balaban J connectivity index is 1.62. The van der Waals surface area contributed by atoms with Gasteiger partial charge in [0.15, 0.2) is 17.2 Å². The lowest BCUT2D eigenvalue weighted by molar-refractivity contribution is -0.137. The number of fused-ring (bicyclic) bond motifs is 1. The van der Waals surface area contributed by atoms with Crippen LogP contribution in [0.2, 0.25) is 0 Å². The molecule has 3 aromatic carbocycles. The molecule has 3 aromatic rings. The molecular weight excluding hydrogens is 394 g/mol. The average Bonchev–Trinajstić information content (AvgIpc) is 3.14. The first-order chi connectivity index (χ1) is 14.9. The molecule has 0 amide bonds. The number of nitrogens with zero attached hydrogens (tertiary/aromatic N) is 1. The van der Waals surface area contributed by atoms with Crippen LogP contribution in [0, 0.1) is 5.92 Å². The van der Waals surface area contributed by atoms with Crippen molar-refractivity contribution in [1.82, 2.24) is 0 Å². The van der Waals surface area contributed by atoms with E-state index in [1.807, 2.05) is 42.5 Å². The third-order valence-electron chi connectivity index (χ3n) is 4.79. The monoisotopic (exact) mass is 415 g/mol. The Hall–Kier alpha value is -3.93. The minimum atomic E-state index is -0.530. The zero-order chi connectivity index (χ0) is 22.0. The van der Waals surface area contributed by atoms with Crippen LogP contribution in [0.15, 0.2) is 71.4 Å². The zero-order valence-electron chi connectivity index (χ0n) is 17.4. The van der Waals surface area contributed by atoms with Crippen molar-refractivity contribution in [3.63, 3.8) is 0 Å². The molecule has 156 valence electrons. The Bertz CT molecular complexity index is 1240. The van der Waals surface area contributed by atoms with Crippen LogP contribution in [0.3, 0.4) is 0 Å². The summed E-state index contributed by atoms with van der Waals surface area (Å²) < 4.78 is 16.1. The summed E-state index contributed by atoms with van der Waals surface area (Å²) in [5.74, 6) is -0.184. The summed E-state index contributed by atoms with van der Waals surface area (Å²) >= 11 is 0. The number of cyclic esters (lactones) is 1. The van der Waals surface area contributed by atoms with E-state index in [-0.39, 0.29) is 23.5 Å². The summed E-state index contributed by atoms with van der Waals surface area (Å²) in [5.41, 5.74) is 1.57. The molecular formula is C25H21NO5. The number of ether oxygens (including phenoxy) is 3. The van der Waals surface area contributed by atoms with Crippen molar-refractivity contribution in [2.24, 2.45) is 10.9 Å². The first-order valence-electron chi connectivity index (χ1n) is 9.86. The Labute approximate surface area is 179 Å².